The Labute approximate surface area is 322 Å². The largest absolute Gasteiger partial charge is 0.309 e. The van der Waals surface area contributed by atoms with Gasteiger partial charge in [0, 0.05) is 27.8 Å². The Bertz CT molecular complexity index is 2920. The van der Waals surface area contributed by atoms with Gasteiger partial charge in [0.1, 0.15) is 0 Å². The molecule has 9 aromatic rings. The maximum absolute atomic E-state index is 4.78. The van der Waals surface area contributed by atoms with E-state index in [1.807, 2.05) is 0 Å². The lowest BCUT2D eigenvalue weighted by Crippen LogP contribution is -2.16. The van der Waals surface area contributed by atoms with Gasteiger partial charge < -0.3 is 4.57 Å². The number of aromatic nitrogens is 1. The van der Waals surface area contributed by atoms with Gasteiger partial charge in [-0.15, -0.1) is 0 Å². The summed E-state index contributed by atoms with van der Waals surface area (Å²) in [5.41, 5.74) is 21.4. The zero-order valence-electron chi connectivity index (χ0n) is 31.1. The highest BCUT2D eigenvalue weighted by Crippen LogP contribution is 2.56. The number of hydrogen-bond acceptors (Lipinski definition) is 0. The summed E-state index contributed by atoms with van der Waals surface area (Å²) in [6.45, 7) is 9.58. The first-order valence-corrected chi connectivity index (χ1v) is 19.3. The average molecular weight is 702 g/mol. The molecule has 1 unspecified atom stereocenters. The van der Waals surface area contributed by atoms with Crippen LogP contribution >= 0.6 is 0 Å². The van der Waals surface area contributed by atoms with Gasteiger partial charge in [-0.25, -0.2) is 0 Å². The Morgan fingerprint density at radius 3 is 1.65 bits per heavy atom. The van der Waals surface area contributed by atoms with Gasteiger partial charge in [-0.05, 0) is 114 Å². The highest BCUT2D eigenvalue weighted by atomic mass is 15.0. The maximum atomic E-state index is 4.78. The number of fused-ring (bicyclic) bond motifs is 9. The first-order valence-electron chi connectivity index (χ1n) is 19.3. The van der Waals surface area contributed by atoms with Crippen molar-refractivity contribution in [3.8, 4) is 50.2 Å². The molecule has 8 aromatic carbocycles. The zero-order valence-corrected chi connectivity index (χ0v) is 31.1. The lowest BCUT2D eigenvalue weighted by Gasteiger charge is -2.32. The number of benzene rings is 8. The highest BCUT2D eigenvalue weighted by molar-refractivity contribution is 6.12. The van der Waals surface area contributed by atoms with Crippen molar-refractivity contribution in [1.29, 1.82) is 0 Å². The predicted molar refractivity (Wildman–Crippen MR) is 232 cm³/mol. The molecule has 0 amide bonds. The van der Waals surface area contributed by atoms with Gasteiger partial charge in [-0.1, -0.05) is 166 Å². The normalized spacial score (nSPS) is 15.1. The van der Waals surface area contributed by atoms with Crippen LogP contribution in [0.25, 0.3) is 77.6 Å². The van der Waals surface area contributed by atoms with Crippen LogP contribution in [0.3, 0.4) is 0 Å². The standard InChI is InChI=1S/C54H39N/c1-34-40-19-10-11-20-41(40)42-21-12-13-22-43(42)52(34)45-23-14-24-48-53(45)44-28-27-39(33-49(44)54(48,2)3)55-50-29-25-37(35-15-6-4-7-16-35)31-46(50)47-32-38(26-30-51(47)55)36-17-8-5-9-18-36/h4-33,52H,1H2,2-3H3. The average Bonchev–Trinajstić information content (AvgIpc) is 3.69. The third-order valence-corrected chi connectivity index (χ3v) is 12.4. The van der Waals surface area contributed by atoms with Crippen LogP contribution in [0.1, 0.15) is 47.6 Å². The number of allylic oxidation sites excluding steroid dienone is 1. The molecule has 11 rings (SSSR count). The fourth-order valence-electron chi connectivity index (χ4n) is 9.80. The van der Waals surface area contributed by atoms with Crippen LogP contribution in [-0.2, 0) is 5.41 Å². The highest BCUT2D eigenvalue weighted by Gasteiger charge is 2.40. The fraction of sp³-hybridized carbons (Fsp3) is 0.0741. The molecule has 0 saturated carbocycles. The second-order valence-corrected chi connectivity index (χ2v) is 15.7. The molecule has 0 radical (unpaired) electrons. The van der Waals surface area contributed by atoms with Gasteiger partial charge in [0.05, 0.1) is 11.0 Å². The van der Waals surface area contributed by atoms with E-state index in [0.29, 0.717) is 0 Å². The first kappa shape index (κ1) is 31.8. The maximum Gasteiger partial charge on any atom is 0.0541 e. The molecule has 0 N–H and O–H groups in total. The molecule has 2 aliphatic carbocycles. The Morgan fingerprint density at radius 2 is 1.00 bits per heavy atom. The molecule has 0 saturated heterocycles. The molecule has 0 bridgehead atoms. The summed E-state index contributed by atoms with van der Waals surface area (Å²) in [5.74, 6) is 0.0671. The minimum atomic E-state index is -0.191. The monoisotopic (exact) mass is 701 g/mol. The van der Waals surface area contributed by atoms with Gasteiger partial charge in [-0.2, -0.15) is 0 Å². The Hall–Kier alpha value is -6.70. The molecule has 1 heteroatoms. The van der Waals surface area contributed by atoms with Crippen LogP contribution in [-0.4, -0.2) is 4.57 Å². The van der Waals surface area contributed by atoms with Crippen molar-refractivity contribution < 1.29 is 0 Å². The fourth-order valence-corrected chi connectivity index (χ4v) is 9.80. The molecule has 0 aliphatic heterocycles. The van der Waals surface area contributed by atoms with Gasteiger partial charge in [0.25, 0.3) is 0 Å². The van der Waals surface area contributed by atoms with E-state index >= 15 is 0 Å². The van der Waals surface area contributed by atoms with Gasteiger partial charge in [0.2, 0.25) is 0 Å². The Kier molecular flexibility index (Phi) is 6.88. The van der Waals surface area contributed by atoms with Crippen molar-refractivity contribution in [3.05, 3.63) is 216 Å². The van der Waals surface area contributed by atoms with E-state index in [2.05, 4.69) is 200 Å². The lowest BCUT2D eigenvalue weighted by molar-refractivity contribution is 0.659. The van der Waals surface area contributed by atoms with Crippen LogP contribution in [0.15, 0.2) is 189 Å². The summed E-state index contributed by atoms with van der Waals surface area (Å²) in [5, 5.41) is 2.52. The lowest BCUT2D eigenvalue weighted by atomic mass is 9.71. The van der Waals surface area contributed by atoms with Crippen LogP contribution in [0.4, 0.5) is 0 Å². The minimum absolute atomic E-state index is 0.0671. The van der Waals surface area contributed by atoms with E-state index < -0.39 is 0 Å². The third-order valence-electron chi connectivity index (χ3n) is 12.4. The molecule has 0 fully saturated rings. The van der Waals surface area contributed by atoms with Gasteiger partial charge in [-0.3, -0.25) is 0 Å². The topological polar surface area (TPSA) is 4.93 Å². The van der Waals surface area contributed by atoms with Crippen LogP contribution in [0.2, 0.25) is 0 Å². The summed E-state index contributed by atoms with van der Waals surface area (Å²) in [6, 6.07) is 67.2. The summed E-state index contributed by atoms with van der Waals surface area (Å²) >= 11 is 0. The van der Waals surface area contributed by atoms with Crippen molar-refractivity contribution >= 4 is 27.4 Å². The van der Waals surface area contributed by atoms with Gasteiger partial charge >= 0.3 is 0 Å². The Morgan fingerprint density at radius 1 is 0.436 bits per heavy atom. The molecule has 2 aliphatic rings. The van der Waals surface area contributed by atoms with Crippen molar-refractivity contribution in [2.24, 2.45) is 0 Å². The first-order chi connectivity index (χ1) is 27.0. The van der Waals surface area contributed by atoms with Crippen molar-refractivity contribution in [3.63, 3.8) is 0 Å². The minimum Gasteiger partial charge on any atom is -0.309 e. The van der Waals surface area contributed by atoms with E-state index in [0.717, 1.165) is 0 Å². The molecular formula is C54H39N. The summed E-state index contributed by atoms with van der Waals surface area (Å²) in [4.78, 5) is 0. The number of hydrogen-bond donors (Lipinski definition) is 0. The van der Waals surface area contributed by atoms with Crippen molar-refractivity contribution in [2.75, 3.05) is 0 Å². The van der Waals surface area contributed by atoms with E-state index in [1.54, 1.807) is 0 Å². The second kappa shape index (κ2) is 11.9. The summed E-state index contributed by atoms with van der Waals surface area (Å²) in [7, 11) is 0. The molecule has 1 nitrogen and oxygen atoms in total. The third kappa shape index (κ3) is 4.66. The van der Waals surface area contributed by atoms with Crippen LogP contribution < -0.4 is 0 Å². The summed E-state index contributed by atoms with van der Waals surface area (Å²) < 4.78 is 2.48. The molecule has 1 heterocycles. The molecule has 0 spiro atoms. The van der Waals surface area contributed by atoms with Crippen LogP contribution in [0.5, 0.6) is 0 Å². The smallest absolute Gasteiger partial charge is 0.0541 e. The van der Waals surface area contributed by atoms with Crippen molar-refractivity contribution in [1.82, 2.24) is 4.57 Å². The molecule has 260 valence electrons. The number of rotatable bonds is 4. The number of nitrogens with zero attached hydrogens (tertiary/aromatic N) is 1. The van der Waals surface area contributed by atoms with E-state index in [9.17, 15) is 0 Å². The predicted octanol–water partition coefficient (Wildman–Crippen LogP) is 14.2. The molecular weight excluding hydrogens is 663 g/mol. The van der Waals surface area contributed by atoms with Gasteiger partial charge in [0.15, 0.2) is 0 Å². The van der Waals surface area contributed by atoms with E-state index in [4.69, 9.17) is 6.58 Å². The Balaban J connectivity index is 1.11. The quantitative estimate of drug-likeness (QED) is 0.172. The second-order valence-electron chi connectivity index (χ2n) is 15.7. The van der Waals surface area contributed by atoms with Crippen molar-refractivity contribution in [2.45, 2.75) is 25.2 Å². The summed E-state index contributed by atoms with van der Waals surface area (Å²) in [6.07, 6.45) is 0. The van der Waals surface area contributed by atoms with Crippen LogP contribution in [0, 0.1) is 0 Å². The van der Waals surface area contributed by atoms with E-state index in [1.165, 1.54) is 105 Å². The zero-order chi connectivity index (χ0) is 36.8. The molecule has 1 atom stereocenters. The van der Waals surface area contributed by atoms with E-state index in [-0.39, 0.29) is 11.3 Å². The molecule has 1 aromatic heterocycles. The SMILES string of the molecule is C=C1c2ccccc2-c2ccccc2C1c1cccc2c1-c1ccc(-n3c4ccc(-c5ccccc5)cc4c4cc(-c5ccccc5)ccc43)cc1C2(C)C. The molecule has 55 heavy (non-hydrogen) atoms.